The summed E-state index contributed by atoms with van der Waals surface area (Å²) in [4.78, 5) is 15.5. The van der Waals surface area contributed by atoms with E-state index in [9.17, 15) is 14.3 Å². The molecule has 18 heavy (non-hydrogen) atoms. The van der Waals surface area contributed by atoms with Gasteiger partial charge in [-0.1, -0.05) is 11.6 Å². The van der Waals surface area contributed by atoms with Crippen LogP contribution < -0.4 is 5.32 Å². The minimum absolute atomic E-state index is 0.0229. The van der Waals surface area contributed by atoms with E-state index in [1.54, 1.807) is 0 Å². The minimum atomic E-state index is -0.603. The zero-order valence-corrected chi connectivity index (χ0v) is 10.5. The second-order valence-corrected chi connectivity index (χ2v) is 4.84. The predicted molar refractivity (Wildman–Crippen MR) is 64.9 cm³/mol. The van der Waals surface area contributed by atoms with Gasteiger partial charge >= 0.3 is 0 Å². The molecule has 1 fully saturated rings. The number of aromatic nitrogens is 1. The van der Waals surface area contributed by atoms with Crippen LogP contribution in [0.5, 0.6) is 0 Å². The zero-order valence-electron chi connectivity index (χ0n) is 9.70. The van der Waals surface area contributed by atoms with E-state index < -0.39 is 11.7 Å². The quantitative estimate of drug-likeness (QED) is 0.809. The molecule has 2 N–H and O–H groups in total. The Labute approximate surface area is 109 Å². The molecule has 0 saturated heterocycles. The summed E-state index contributed by atoms with van der Waals surface area (Å²) in [6.07, 6.45) is 3.53. The zero-order chi connectivity index (χ0) is 13.1. The molecule has 1 aromatic rings. The molecule has 0 spiro atoms. The SMILES string of the molecule is O=C(NC1CCCC(O)C1)c1cc(F)cnc1Cl. The van der Waals surface area contributed by atoms with Crippen molar-refractivity contribution in [3.05, 3.63) is 28.8 Å². The Morgan fingerprint density at radius 2 is 2.33 bits per heavy atom. The molecule has 98 valence electrons. The molecule has 6 heteroatoms. The molecule has 4 nitrogen and oxygen atoms in total. The second kappa shape index (κ2) is 5.63. The lowest BCUT2D eigenvalue weighted by Crippen LogP contribution is -2.39. The summed E-state index contributed by atoms with van der Waals surface area (Å²) < 4.78 is 13.0. The van der Waals surface area contributed by atoms with Crippen molar-refractivity contribution in [2.45, 2.75) is 37.8 Å². The summed E-state index contributed by atoms with van der Waals surface area (Å²) >= 11 is 5.75. The summed E-state index contributed by atoms with van der Waals surface area (Å²) in [7, 11) is 0. The minimum Gasteiger partial charge on any atom is -0.393 e. The molecule has 0 bridgehead atoms. The van der Waals surface area contributed by atoms with Crippen LogP contribution in [0.15, 0.2) is 12.3 Å². The van der Waals surface area contributed by atoms with Crippen molar-refractivity contribution in [3.63, 3.8) is 0 Å². The number of nitrogens with zero attached hydrogens (tertiary/aromatic N) is 1. The van der Waals surface area contributed by atoms with Gasteiger partial charge in [0.25, 0.3) is 5.91 Å². The van der Waals surface area contributed by atoms with Gasteiger partial charge in [-0.25, -0.2) is 9.37 Å². The summed E-state index contributed by atoms with van der Waals surface area (Å²) in [6.45, 7) is 0. The smallest absolute Gasteiger partial charge is 0.254 e. The molecule has 0 radical (unpaired) electrons. The number of rotatable bonds is 2. The van der Waals surface area contributed by atoms with Crippen LogP contribution in [0.4, 0.5) is 4.39 Å². The Morgan fingerprint density at radius 3 is 3.06 bits per heavy atom. The number of nitrogens with one attached hydrogen (secondary N) is 1. The standard InChI is InChI=1S/C12H14ClFN2O2/c13-11-10(4-7(14)6-15-11)12(18)16-8-2-1-3-9(17)5-8/h4,6,8-9,17H,1-3,5H2,(H,16,18). The van der Waals surface area contributed by atoms with Crippen LogP contribution in [0.3, 0.4) is 0 Å². The van der Waals surface area contributed by atoms with E-state index >= 15 is 0 Å². The van der Waals surface area contributed by atoms with E-state index in [0.29, 0.717) is 6.42 Å². The molecule has 1 aliphatic rings. The van der Waals surface area contributed by atoms with Gasteiger partial charge in [0.1, 0.15) is 11.0 Å². The monoisotopic (exact) mass is 272 g/mol. The molecule has 0 aliphatic heterocycles. The molecule has 0 aromatic carbocycles. The average Bonchev–Trinajstić information content (AvgIpc) is 2.32. The molecule has 1 amide bonds. The fraction of sp³-hybridized carbons (Fsp3) is 0.500. The van der Waals surface area contributed by atoms with Gasteiger partial charge < -0.3 is 10.4 Å². The second-order valence-electron chi connectivity index (χ2n) is 4.48. The normalized spacial score (nSPS) is 23.7. The third-order valence-electron chi connectivity index (χ3n) is 3.03. The van der Waals surface area contributed by atoms with Crippen LogP contribution in [-0.2, 0) is 0 Å². The van der Waals surface area contributed by atoms with Crippen molar-refractivity contribution in [2.75, 3.05) is 0 Å². The molecular weight excluding hydrogens is 259 g/mol. The van der Waals surface area contributed by atoms with Crippen LogP contribution in [-0.4, -0.2) is 28.1 Å². The number of hydrogen-bond donors (Lipinski definition) is 2. The van der Waals surface area contributed by atoms with Gasteiger partial charge in [0, 0.05) is 6.04 Å². The Balaban J connectivity index is 2.05. The lowest BCUT2D eigenvalue weighted by molar-refractivity contribution is 0.0849. The fourth-order valence-electron chi connectivity index (χ4n) is 2.14. The Hall–Kier alpha value is -1.20. The van der Waals surface area contributed by atoms with Gasteiger partial charge in [0.05, 0.1) is 17.9 Å². The maximum atomic E-state index is 13.0. The highest BCUT2D eigenvalue weighted by atomic mass is 35.5. The Kier molecular flexibility index (Phi) is 4.14. The van der Waals surface area contributed by atoms with Crippen LogP contribution >= 0.6 is 11.6 Å². The number of hydrogen-bond acceptors (Lipinski definition) is 3. The summed E-state index contributed by atoms with van der Waals surface area (Å²) in [5, 5.41) is 12.2. The maximum Gasteiger partial charge on any atom is 0.254 e. The van der Waals surface area contributed by atoms with Crippen LogP contribution in [0.25, 0.3) is 0 Å². The highest BCUT2D eigenvalue weighted by molar-refractivity contribution is 6.32. The van der Waals surface area contributed by atoms with Gasteiger partial charge in [-0.3, -0.25) is 4.79 Å². The van der Waals surface area contributed by atoms with Crippen LogP contribution in [0.2, 0.25) is 5.15 Å². The van der Waals surface area contributed by atoms with Crippen molar-refractivity contribution in [2.24, 2.45) is 0 Å². The van der Waals surface area contributed by atoms with E-state index in [2.05, 4.69) is 10.3 Å². The number of aliphatic hydroxyl groups is 1. The topological polar surface area (TPSA) is 62.2 Å². The van der Waals surface area contributed by atoms with E-state index in [1.807, 2.05) is 0 Å². The number of pyridine rings is 1. The predicted octanol–water partition coefficient (Wildman–Crippen LogP) is 1.91. The van der Waals surface area contributed by atoms with Crippen LogP contribution in [0.1, 0.15) is 36.0 Å². The van der Waals surface area contributed by atoms with Crippen molar-refractivity contribution < 1.29 is 14.3 Å². The number of carbonyl (C=O) groups excluding carboxylic acids is 1. The first kappa shape index (κ1) is 13.2. The first-order chi connectivity index (χ1) is 8.56. The molecule has 1 heterocycles. The Bertz CT molecular complexity index is 456. The molecule has 2 unspecified atom stereocenters. The van der Waals surface area contributed by atoms with E-state index in [4.69, 9.17) is 11.6 Å². The third kappa shape index (κ3) is 3.17. The number of aliphatic hydroxyl groups excluding tert-OH is 1. The van der Waals surface area contributed by atoms with Gasteiger partial charge in [-0.15, -0.1) is 0 Å². The van der Waals surface area contributed by atoms with Crippen molar-refractivity contribution in [1.29, 1.82) is 0 Å². The Morgan fingerprint density at radius 1 is 1.56 bits per heavy atom. The molecule has 1 aromatic heterocycles. The van der Waals surface area contributed by atoms with Gasteiger partial charge in [0.15, 0.2) is 0 Å². The lowest BCUT2D eigenvalue weighted by atomic mass is 9.93. The first-order valence-electron chi connectivity index (χ1n) is 5.86. The molecule has 2 atom stereocenters. The third-order valence-corrected chi connectivity index (χ3v) is 3.33. The highest BCUT2D eigenvalue weighted by Crippen LogP contribution is 2.20. The van der Waals surface area contributed by atoms with E-state index in [0.717, 1.165) is 31.5 Å². The average molecular weight is 273 g/mol. The highest BCUT2D eigenvalue weighted by Gasteiger charge is 2.23. The number of carbonyl (C=O) groups is 1. The summed E-state index contributed by atoms with van der Waals surface area (Å²) in [6, 6.07) is 0.963. The largest absolute Gasteiger partial charge is 0.393 e. The van der Waals surface area contributed by atoms with Crippen LogP contribution in [0, 0.1) is 5.82 Å². The van der Waals surface area contributed by atoms with Gasteiger partial charge in [0.2, 0.25) is 0 Å². The van der Waals surface area contributed by atoms with Crippen molar-refractivity contribution >= 4 is 17.5 Å². The first-order valence-corrected chi connectivity index (χ1v) is 6.24. The molecule has 1 aliphatic carbocycles. The van der Waals surface area contributed by atoms with E-state index in [1.165, 1.54) is 0 Å². The molecule has 1 saturated carbocycles. The maximum absolute atomic E-state index is 13.0. The summed E-state index contributed by atoms with van der Waals surface area (Å²) in [5.41, 5.74) is 0.0247. The fourth-order valence-corrected chi connectivity index (χ4v) is 2.33. The number of halogens is 2. The van der Waals surface area contributed by atoms with Gasteiger partial charge in [-0.05, 0) is 31.7 Å². The lowest BCUT2D eigenvalue weighted by Gasteiger charge is -2.26. The molecule has 2 rings (SSSR count). The van der Waals surface area contributed by atoms with Crippen molar-refractivity contribution in [1.82, 2.24) is 10.3 Å². The number of amides is 1. The molecular formula is C12H14ClFN2O2. The van der Waals surface area contributed by atoms with Gasteiger partial charge in [-0.2, -0.15) is 0 Å². The van der Waals surface area contributed by atoms with Crippen molar-refractivity contribution in [3.8, 4) is 0 Å². The van der Waals surface area contributed by atoms with E-state index in [-0.39, 0.29) is 22.9 Å². The summed E-state index contributed by atoms with van der Waals surface area (Å²) in [5.74, 6) is -1.06.